The number of ether oxygens (including phenoxy) is 1. The summed E-state index contributed by atoms with van der Waals surface area (Å²) in [6, 6.07) is 8.02. The number of hydrogen-bond acceptors (Lipinski definition) is 4. The number of para-hydroxylation sites is 1. The first-order valence-electron chi connectivity index (χ1n) is 8.40. The standard InChI is InChI=1S/C18H24N4O2/c1-24-10-9-19-16-7-3-2-5-13(16)11-20-18(23)14-6-4-8-17-15(14)12-21-22-17/h2-3,5,7,12,14,19H,4,6,8-11H2,1H3,(H,20,23)(H,21,22)/t14-/m0/s1. The second-order valence-corrected chi connectivity index (χ2v) is 6.04. The van der Waals surface area contributed by atoms with Crippen molar-refractivity contribution in [2.75, 3.05) is 25.6 Å². The summed E-state index contributed by atoms with van der Waals surface area (Å²) in [5, 5.41) is 13.5. The molecule has 0 saturated heterocycles. The van der Waals surface area contributed by atoms with Crippen molar-refractivity contribution in [2.24, 2.45) is 0 Å². The maximum Gasteiger partial charge on any atom is 0.227 e. The van der Waals surface area contributed by atoms with Gasteiger partial charge in [-0.05, 0) is 30.9 Å². The summed E-state index contributed by atoms with van der Waals surface area (Å²) in [6.07, 6.45) is 4.67. The van der Waals surface area contributed by atoms with Gasteiger partial charge < -0.3 is 15.4 Å². The highest BCUT2D eigenvalue weighted by Crippen LogP contribution is 2.30. The molecular weight excluding hydrogens is 304 g/mol. The fourth-order valence-electron chi connectivity index (χ4n) is 3.17. The number of hydrogen-bond donors (Lipinski definition) is 3. The number of aromatic amines is 1. The van der Waals surface area contributed by atoms with Crippen LogP contribution in [0.1, 0.15) is 35.6 Å². The van der Waals surface area contributed by atoms with Gasteiger partial charge in [0, 0.05) is 37.1 Å². The highest BCUT2D eigenvalue weighted by molar-refractivity contribution is 5.84. The topological polar surface area (TPSA) is 79.0 Å². The molecular formula is C18H24N4O2. The fraction of sp³-hybridized carbons (Fsp3) is 0.444. The number of anilines is 1. The minimum Gasteiger partial charge on any atom is -0.383 e. The molecule has 6 heteroatoms. The molecule has 24 heavy (non-hydrogen) atoms. The smallest absolute Gasteiger partial charge is 0.227 e. The summed E-state index contributed by atoms with van der Waals surface area (Å²) < 4.78 is 5.07. The van der Waals surface area contributed by atoms with E-state index < -0.39 is 0 Å². The van der Waals surface area contributed by atoms with Crippen LogP contribution in [0.4, 0.5) is 5.69 Å². The zero-order valence-electron chi connectivity index (χ0n) is 14.0. The zero-order chi connectivity index (χ0) is 16.8. The quantitative estimate of drug-likeness (QED) is 0.681. The molecule has 0 spiro atoms. The number of H-pyrrole nitrogens is 1. The normalized spacial score (nSPS) is 16.5. The van der Waals surface area contributed by atoms with Crippen molar-refractivity contribution in [3.63, 3.8) is 0 Å². The van der Waals surface area contributed by atoms with Gasteiger partial charge in [0.25, 0.3) is 0 Å². The van der Waals surface area contributed by atoms with E-state index in [0.717, 1.165) is 48.3 Å². The molecule has 0 bridgehead atoms. The lowest BCUT2D eigenvalue weighted by molar-refractivity contribution is -0.123. The molecule has 3 rings (SSSR count). The molecule has 1 aromatic carbocycles. The Morgan fingerprint density at radius 2 is 2.29 bits per heavy atom. The van der Waals surface area contributed by atoms with E-state index in [1.54, 1.807) is 13.3 Å². The first-order valence-corrected chi connectivity index (χ1v) is 8.40. The highest BCUT2D eigenvalue weighted by Gasteiger charge is 2.27. The third-order valence-electron chi connectivity index (χ3n) is 4.46. The Hall–Kier alpha value is -2.34. The van der Waals surface area contributed by atoms with Crippen LogP contribution in [0.5, 0.6) is 0 Å². The maximum atomic E-state index is 12.6. The van der Waals surface area contributed by atoms with E-state index in [0.29, 0.717) is 13.2 Å². The van der Waals surface area contributed by atoms with Crippen LogP contribution in [0.15, 0.2) is 30.5 Å². The predicted octanol–water partition coefficient (Wildman–Crippen LogP) is 2.20. The van der Waals surface area contributed by atoms with E-state index in [-0.39, 0.29) is 11.8 Å². The van der Waals surface area contributed by atoms with Gasteiger partial charge in [-0.2, -0.15) is 5.10 Å². The number of nitrogens with one attached hydrogen (secondary N) is 3. The SMILES string of the molecule is COCCNc1ccccc1CNC(=O)[C@H]1CCCc2[nH]ncc21. The molecule has 1 atom stereocenters. The maximum absolute atomic E-state index is 12.6. The molecule has 0 saturated carbocycles. The van der Waals surface area contributed by atoms with Crippen LogP contribution in [0.25, 0.3) is 0 Å². The number of carbonyl (C=O) groups is 1. The van der Waals surface area contributed by atoms with E-state index in [4.69, 9.17) is 4.74 Å². The molecule has 0 unspecified atom stereocenters. The van der Waals surface area contributed by atoms with Crippen LogP contribution in [0.3, 0.4) is 0 Å². The van der Waals surface area contributed by atoms with Crippen LogP contribution in [-0.4, -0.2) is 36.4 Å². The molecule has 1 aliphatic rings. The minimum atomic E-state index is -0.0962. The Morgan fingerprint density at radius 1 is 1.42 bits per heavy atom. The van der Waals surface area contributed by atoms with Crippen molar-refractivity contribution >= 4 is 11.6 Å². The molecule has 0 fully saturated rings. The number of carbonyl (C=O) groups excluding carboxylic acids is 1. The number of nitrogens with zero attached hydrogens (tertiary/aromatic N) is 1. The molecule has 6 nitrogen and oxygen atoms in total. The minimum absolute atomic E-state index is 0.0732. The third kappa shape index (κ3) is 3.76. The zero-order valence-corrected chi connectivity index (χ0v) is 14.0. The second kappa shape index (κ2) is 7.97. The van der Waals surface area contributed by atoms with Crippen molar-refractivity contribution in [1.29, 1.82) is 0 Å². The number of rotatable bonds is 7. The van der Waals surface area contributed by atoms with Gasteiger partial charge in [-0.15, -0.1) is 0 Å². The van der Waals surface area contributed by atoms with Crippen molar-refractivity contribution in [2.45, 2.75) is 31.7 Å². The Bertz CT molecular complexity index is 683. The lowest BCUT2D eigenvalue weighted by Gasteiger charge is -2.21. The van der Waals surface area contributed by atoms with E-state index in [2.05, 4.69) is 20.8 Å². The second-order valence-electron chi connectivity index (χ2n) is 6.04. The molecule has 2 aromatic rings. The summed E-state index contributed by atoms with van der Waals surface area (Å²) in [5.74, 6) is -0.0230. The van der Waals surface area contributed by atoms with E-state index in [9.17, 15) is 4.79 Å². The molecule has 0 radical (unpaired) electrons. The van der Waals surface area contributed by atoms with Crippen molar-refractivity contribution in [1.82, 2.24) is 15.5 Å². The third-order valence-corrected chi connectivity index (χ3v) is 4.46. The molecule has 1 heterocycles. The van der Waals surface area contributed by atoms with Crippen LogP contribution in [0, 0.1) is 0 Å². The Balaban J connectivity index is 1.61. The van der Waals surface area contributed by atoms with Crippen LogP contribution < -0.4 is 10.6 Å². The van der Waals surface area contributed by atoms with Gasteiger partial charge in [0.15, 0.2) is 0 Å². The van der Waals surface area contributed by atoms with Crippen molar-refractivity contribution in [3.05, 3.63) is 47.3 Å². The number of fused-ring (bicyclic) bond motifs is 1. The van der Waals surface area contributed by atoms with E-state index in [1.807, 2.05) is 24.3 Å². The Morgan fingerprint density at radius 3 is 3.17 bits per heavy atom. The van der Waals surface area contributed by atoms with E-state index in [1.165, 1.54) is 0 Å². The number of amides is 1. The lowest BCUT2D eigenvalue weighted by Crippen LogP contribution is -2.31. The number of aromatic nitrogens is 2. The monoisotopic (exact) mass is 328 g/mol. The van der Waals surface area contributed by atoms with Crippen molar-refractivity contribution in [3.8, 4) is 0 Å². The van der Waals surface area contributed by atoms with Gasteiger partial charge in [0.2, 0.25) is 5.91 Å². The number of benzene rings is 1. The average Bonchev–Trinajstić information content (AvgIpc) is 3.09. The molecule has 1 amide bonds. The molecule has 1 aliphatic carbocycles. The fourth-order valence-corrected chi connectivity index (χ4v) is 3.17. The van der Waals surface area contributed by atoms with Crippen LogP contribution in [0.2, 0.25) is 0 Å². The summed E-state index contributed by atoms with van der Waals surface area (Å²) in [5.41, 5.74) is 4.25. The average molecular weight is 328 g/mol. The van der Waals surface area contributed by atoms with Crippen LogP contribution >= 0.6 is 0 Å². The Labute approximate surface area is 142 Å². The highest BCUT2D eigenvalue weighted by atomic mass is 16.5. The van der Waals surface area contributed by atoms with Gasteiger partial charge in [-0.25, -0.2) is 0 Å². The first kappa shape index (κ1) is 16.5. The van der Waals surface area contributed by atoms with Crippen molar-refractivity contribution < 1.29 is 9.53 Å². The summed E-state index contributed by atoms with van der Waals surface area (Å²) in [6.45, 7) is 1.90. The van der Waals surface area contributed by atoms with Gasteiger partial charge in [-0.1, -0.05) is 18.2 Å². The molecule has 3 N–H and O–H groups in total. The summed E-state index contributed by atoms with van der Waals surface area (Å²) in [7, 11) is 1.68. The van der Waals surface area contributed by atoms with Gasteiger partial charge in [0.05, 0.1) is 18.7 Å². The van der Waals surface area contributed by atoms with Gasteiger partial charge in [-0.3, -0.25) is 9.89 Å². The number of methoxy groups -OCH3 is 1. The van der Waals surface area contributed by atoms with Gasteiger partial charge in [0.1, 0.15) is 0 Å². The summed E-state index contributed by atoms with van der Waals surface area (Å²) in [4.78, 5) is 12.6. The molecule has 1 aromatic heterocycles. The van der Waals surface area contributed by atoms with Gasteiger partial charge >= 0.3 is 0 Å². The largest absolute Gasteiger partial charge is 0.383 e. The first-order chi connectivity index (χ1) is 11.8. The Kier molecular flexibility index (Phi) is 5.48. The molecule has 128 valence electrons. The lowest BCUT2D eigenvalue weighted by atomic mass is 9.86. The van der Waals surface area contributed by atoms with Crippen LogP contribution in [-0.2, 0) is 22.5 Å². The number of aryl methyl sites for hydroxylation is 1. The predicted molar refractivity (Wildman–Crippen MR) is 92.9 cm³/mol. The van der Waals surface area contributed by atoms with E-state index >= 15 is 0 Å². The summed E-state index contributed by atoms with van der Waals surface area (Å²) >= 11 is 0. The molecule has 0 aliphatic heterocycles.